The summed E-state index contributed by atoms with van der Waals surface area (Å²) in [6, 6.07) is 17.2. The number of hydrogen-bond acceptors (Lipinski definition) is 4. The van der Waals surface area contributed by atoms with Gasteiger partial charge >= 0.3 is 5.97 Å². The molecular formula is C27H25Cl2NO3. The lowest BCUT2D eigenvalue weighted by atomic mass is 9.98. The van der Waals surface area contributed by atoms with Crippen molar-refractivity contribution in [1.82, 2.24) is 4.98 Å². The van der Waals surface area contributed by atoms with Crippen LogP contribution in [0.4, 0.5) is 0 Å². The highest BCUT2D eigenvalue weighted by Crippen LogP contribution is 2.43. The molecule has 0 bridgehead atoms. The molecule has 1 aromatic heterocycles. The predicted octanol–water partition coefficient (Wildman–Crippen LogP) is 7.55. The average molecular weight is 482 g/mol. The van der Waals surface area contributed by atoms with Crippen molar-refractivity contribution in [3.8, 4) is 5.75 Å². The second kappa shape index (κ2) is 10.4. The molecule has 0 N–H and O–H groups in total. The van der Waals surface area contributed by atoms with E-state index in [4.69, 9.17) is 32.7 Å². The number of halogens is 2. The van der Waals surface area contributed by atoms with Gasteiger partial charge in [0.2, 0.25) is 0 Å². The fourth-order valence-corrected chi connectivity index (χ4v) is 4.33. The number of ether oxygens (including phenoxy) is 2. The Morgan fingerprint density at radius 1 is 0.970 bits per heavy atom. The molecule has 0 saturated carbocycles. The molecule has 3 aromatic rings. The number of aromatic nitrogens is 1. The van der Waals surface area contributed by atoms with Gasteiger partial charge in [0.1, 0.15) is 12.4 Å². The molecule has 33 heavy (non-hydrogen) atoms. The quantitative estimate of drug-likeness (QED) is 0.326. The minimum Gasteiger partial charge on any atom is -0.488 e. The zero-order chi connectivity index (χ0) is 23.4. The third kappa shape index (κ3) is 5.40. The summed E-state index contributed by atoms with van der Waals surface area (Å²) < 4.78 is 11.4. The van der Waals surface area contributed by atoms with Crippen molar-refractivity contribution in [2.24, 2.45) is 0 Å². The summed E-state index contributed by atoms with van der Waals surface area (Å²) in [5.74, 6) is 0.369. The molecular weight excluding hydrogens is 457 g/mol. The van der Waals surface area contributed by atoms with Gasteiger partial charge in [0.25, 0.3) is 0 Å². The maximum absolute atomic E-state index is 12.4. The number of carbonyl (C=O) groups is 1. The van der Waals surface area contributed by atoms with Crippen molar-refractivity contribution in [3.63, 3.8) is 0 Å². The number of pyridine rings is 1. The van der Waals surface area contributed by atoms with Crippen molar-refractivity contribution in [2.75, 3.05) is 6.61 Å². The third-order valence-electron chi connectivity index (χ3n) is 5.67. The van der Waals surface area contributed by atoms with Crippen LogP contribution >= 0.6 is 23.2 Å². The maximum Gasteiger partial charge on any atom is 0.357 e. The summed E-state index contributed by atoms with van der Waals surface area (Å²) in [4.78, 5) is 17.1. The van der Waals surface area contributed by atoms with Gasteiger partial charge in [0.15, 0.2) is 5.69 Å². The van der Waals surface area contributed by atoms with Gasteiger partial charge in [-0.05, 0) is 91.8 Å². The highest BCUT2D eigenvalue weighted by atomic mass is 35.5. The van der Waals surface area contributed by atoms with Crippen LogP contribution in [0.2, 0.25) is 10.0 Å². The van der Waals surface area contributed by atoms with Gasteiger partial charge in [0, 0.05) is 15.6 Å². The molecule has 170 valence electrons. The van der Waals surface area contributed by atoms with E-state index in [1.54, 1.807) is 6.92 Å². The number of aryl methyl sites for hydroxylation is 1. The Morgan fingerprint density at radius 2 is 1.70 bits per heavy atom. The SMILES string of the molecule is CCOC(=O)c1nc(C2=C(c3cc(Cl)ccc3OCc3ccc(Cl)cc3)CCC2)ccc1C. The van der Waals surface area contributed by atoms with Crippen LogP contribution in [-0.2, 0) is 11.3 Å². The standard InChI is InChI=1S/C27H25Cl2NO3/c1-3-32-27(31)26-17(2)7-13-24(30-26)22-6-4-5-21(22)23-15-20(29)12-14-25(23)33-16-18-8-10-19(28)11-9-18/h7-15H,3-6,16H2,1-2H3. The van der Waals surface area contributed by atoms with Gasteiger partial charge in [-0.2, -0.15) is 0 Å². The Hall–Kier alpha value is -2.82. The molecule has 0 unspecified atom stereocenters. The van der Waals surface area contributed by atoms with Crippen molar-refractivity contribution >= 4 is 40.3 Å². The third-order valence-corrected chi connectivity index (χ3v) is 6.15. The van der Waals surface area contributed by atoms with E-state index in [9.17, 15) is 4.79 Å². The molecule has 1 aliphatic carbocycles. The molecule has 0 radical (unpaired) electrons. The van der Waals surface area contributed by atoms with Gasteiger partial charge in [-0.25, -0.2) is 9.78 Å². The van der Waals surface area contributed by atoms with Gasteiger partial charge in [0.05, 0.1) is 12.3 Å². The lowest BCUT2D eigenvalue weighted by Gasteiger charge is -2.15. The molecule has 4 nitrogen and oxygen atoms in total. The van der Waals surface area contributed by atoms with E-state index in [0.717, 1.165) is 58.5 Å². The van der Waals surface area contributed by atoms with Crippen LogP contribution in [0.1, 0.15) is 59.1 Å². The van der Waals surface area contributed by atoms with Crippen molar-refractivity contribution in [2.45, 2.75) is 39.7 Å². The Balaban J connectivity index is 1.70. The first kappa shape index (κ1) is 23.3. The van der Waals surface area contributed by atoms with Crippen LogP contribution in [0.15, 0.2) is 54.6 Å². The lowest BCUT2D eigenvalue weighted by Crippen LogP contribution is -2.10. The molecule has 0 saturated heterocycles. The first-order chi connectivity index (χ1) is 16.0. The number of hydrogen-bond donors (Lipinski definition) is 0. The fraction of sp³-hybridized carbons (Fsp3) is 0.259. The van der Waals surface area contributed by atoms with E-state index in [1.807, 2.05) is 61.5 Å². The van der Waals surface area contributed by atoms with E-state index >= 15 is 0 Å². The molecule has 1 heterocycles. The number of esters is 1. The summed E-state index contributed by atoms with van der Waals surface area (Å²) in [6.07, 6.45) is 2.76. The molecule has 4 rings (SSSR count). The summed E-state index contributed by atoms with van der Waals surface area (Å²) in [5, 5.41) is 1.34. The van der Waals surface area contributed by atoms with Gasteiger partial charge in [-0.3, -0.25) is 0 Å². The van der Waals surface area contributed by atoms with Crippen LogP contribution < -0.4 is 4.74 Å². The molecule has 0 aliphatic heterocycles. The molecule has 0 amide bonds. The topological polar surface area (TPSA) is 48.4 Å². The Bertz CT molecular complexity index is 1200. The lowest BCUT2D eigenvalue weighted by molar-refractivity contribution is 0.0518. The Labute approximate surface area is 204 Å². The maximum atomic E-state index is 12.4. The summed E-state index contributed by atoms with van der Waals surface area (Å²) in [6.45, 7) is 4.39. The van der Waals surface area contributed by atoms with E-state index in [2.05, 4.69) is 4.98 Å². The van der Waals surface area contributed by atoms with E-state index in [0.29, 0.717) is 29.0 Å². The van der Waals surface area contributed by atoms with Gasteiger partial charge in [-0.1, -0.05) is 41.4 Å². The van der Waals surface area contributed by atoms with Gasteiger partial charge < -0.3 is 9.47 Å². The van der Waals surface area contributed by atoms with Crippen LogP contribution in [0, 0.1) is 6.92 Å². The normalized spacial score (nSPS) is 13.3. The fourth-order valence-electron chi connectivity index (χ4n) is 4.03. The highest BCUT2D eigenvalue weighted by molar-refractivity contribution is 6.31. The molecule has 0 spiro atoms. The largest absolute Gasteiger partial charge is 0.488 e. The average Bonchev–Trinajstić information content (AvgIpc) is 3.29. The van der Waals surface area contributed by atoms with Crippen LogP contribution in [-0.4, -0.2) is 17.6 Å². The summed E-state index contributed by atoms with van der Waals surface area (Å²) in [7, 11) is 0. The highest BCUT2D eigenvalue weighted by Gasteiger charge is 2.23. The molecule has 1 aliphatic rings. The molecule has 2 aromatic carbocycles. The smallest absolute Gasteiger partial charge is 0.357 e. The van der Waals surface area contributed by atoms with Crippen LogP contribution in [0.25, 0.3) is 11.1 Å². The number of rotatable bonds is 7. The second-order valence-electron chi connectivity index (χ2n) is 7.95. The van der Waals surface area contributed by atoms with E-state index < -0.39 is 5.97 Å². The summed E-state index contributed by atoms with van der Waals surface area (Å²) >= 11 is 12.4. The summed E-state index contributed by atoms with van der Waals surface area (Å²) in [5.41, 5.74) is 6.20. The minimum absolute atomic E-state index is 0.314. The first-order valence-electron chi connectivity index (χ1n) is 11.0. The van der Waals surface area contributed by atoms with Crippen LogP contribution in [0.3, 0.4) is 0 Å². The molecule has 6 heteroatoms. The monoisotopic (exact) mass is 481 g/mol. The minimum atomic E-state index is -0.397. The van der Waals surface area contributed by atoms with Crippen molar-refractivity contribution in [1.29, 1.82) is 0 Å². The molecule has 0 atom stereocenters. The number of nitrogens with zero attached hydrogens (tertiary/aromatic N) is 1. The predicted molar refractivity (Wildman–Crippen MR) is 133 cm³/mol. The van der Waals surface area contributed by atoms with Crippen molar-refractivity contribution in [3.05, 3.63) is 92.7 Å². The van der Waals surface area contributed by atoms with Crippen LogP contribution in [0.5, 0.6) is 5.75 Å². The Kier molecular flexibility index (Phi) is 7.36. The number of allylic oxidation sites excluding steroid dienone is 2. The van der Waals surface area contributed by atoms with Crippen molar-refractivity contribution < 1.29 is 14.3 Å². The van der Waals surface area contributed by atoms with E-state index in [-0.39, 0.29) is 0 Å². The molecule has 0 fully saturated rings. The Morgan fingerprint density at radius 3 is 2.45 bits per heavy atom. The van der Waals surface area contributed by atoms with E-state index in [1.165, 1.54) is 0 Å². The zero-order valence-electron chi connectivity index (χ0n) is 18.7. The zero-order valence-corrected chi connectivity index (χ0v) is 20.2. The number of benzene rings is 2. The van der Waals surface area contributed by atoms with Gasteiger partial charge in [-0.15, -0.1) is 0 Å². The second-order valence-corrected chi connectivity index (χ2v) is 8.82. The number of carbonyl (C=O) groups excluding carboxylic acids is 1. The first-order valence-corrected chi connectivity index (χ1v) is 11.8.